The van der Waals surface area contributed by atoms with Crippen molar-refractivity contribution in [3.63, 3.8) is 0 Å². The van der Waals surface area contributed by atoms with Gasteiger partial charge >= 0.3 is 6.09 Å². The van der Waals surface area contributed by atoms with Crippen molar-refractivity contribution in [2.75, 3.05) is 26.2 Å². The number of carbonyl (C=O) groups excluding carboxylic acids is 1. The van der Waals surface area contributed by atoms with Crippen LogP contribution in [0.25, 0.3) is 0 Å². The standard InChI is InChI=1S/C23H39N3O2.C10H11N/c1-9-12-13-24-18(4)21(20(10-2)11-3)19(5)25-14-16-26(17-15-25)22(27)28-23(6,7)8;1-2-4-9-5-3-6-10(7-9)8-11/h10,12-13H,9,11,14-17H2,1-8H3;3,5-7H,2,4H2,1H3/b13-12+,20-10-,21-19-,24-18+;. The average Bonchev–Trinajstić information content (AvgIpc) is 2.91. The van der Waals surface area contributed by atoms with Crippen LogP contribution in [0.1, 0.15) is 92.7 Å². The zero-order valence-corrected chi connectivity index (χ0v) is 25.8. The highest BCUT2D eigenvalue weighted by Crippen LogP contribution is 2.24. The first kappa shape index (κ1) is 33.7. The summed E-state index contributed by atoms with van der Waals surface area (Å²) in [5, 5.41) is 8.58. The third-order valence-corrected chi connectivity index (χ3v) is 6.38. The number of hydrogen-bond acceptors (Lipinski definition) is 5. The van der Waals surface area contributed by atoms with Crippen molar-refractivity contribution in [1.82, 2.24) is 9.80 Å². The molecule has 6 heteroatoms. The summed E-state index contributed by atoms with van der Waals surface area (Å²) in [6.07, 6.45) is 10.1. The number of aryl methyl sites for hydroxylation is 1. The monoisotopic (exact) mass is 534 g/mol. The minimum atomic E-state index is -0.460. The van der Waals surface area contributed by atoms with Crippen LogP contribution in [-0.4, -0.2) is 53.4 Å². The molecule has 1 aliphatic heterocycles. The van der Waals surface area contributed by atoms with Crippen molar-refractivity contribution in [2.24, 2.45) is 4.99 Å². The number of carbonyl (C=O) groups is 1. The number of benzene rings is 1. The average molecular weight is 535 g/mol. The molecule has 0 spiro atoms. The highest BCUT2D eigenvalue weighted by atomic mass is 16.6. The number of nitrogens with zero attached hydrogens (tertiary/aromatic N) is 4. The maximum Gasteiger partial charge on any atom is 0.410 e. The van der Waals surface area contributed by atoms with Crippen molar-refractivity contribution in [2.45, 2.75) is 93.6 Å². The first-order chi connectivity index (χ1) is 18.5. The number of hydrogen-bond donors (Lipinski definition) is 0. The van der Waals surface area contributed by atoms with Crippen molar-refractivity contribution in [3.8, 4) is 6.07 Å². The molecule has 1 amide bonds. The topological polar surface area (TPSA) is 68.9 Å². The van der Waals surface area contributed by atoms with Gasteiger partial charge in [-0.3, -0.25) is 4.99 Å². The Balaban J connectivity index is 0.000000573. The first-order valence-corrected chi connectivity index (χ1v) is 14.3. The summed E-state index contributed by atoms with van der Waals surface area (Å²) in [5.74, 6) is 0. The molecule has 1 heterocycles. The molecule has 0 N–H and O–H groups in total. The van der Waals surface area contributed by atoms with Crippen molar-refractivity contribution >= 4 is 11.8 Å². The molecule has 0 bridgehead atoms. The third-order valence-electron chi connectivity index (χ3n) is 6.38. The van der Waals surface area contributed by atoms with Crippen LogP contribution in [0, 0.1) is 11.3 Å². The number of ether oxygens (including phenoxy) is 1. The second-order valence-corrected chi connectivity index (χ2v) is 10.7. The Morgan fingerprint density at radius 1 is 1.10 bits per heavy atom. The van der Waals surface area contributed by atoms with Crippen LogP contribution in [0.4, 0.5) is 4.79 Å². The van der Waals surface area contributed by atoms with E-state index in [2.05, 4.69) is 75.7 Å². The summed E-state index contributed by atoms with van der Waals surface area (Å²) in [6.45, 7) is 21.4. The maximum absolute atomic E-state index is 12.3. The fourth-order valence-corrected chi connectivity index (χ4v) is 4.38. The van der Waals surface area contributed by atoms with E-state index in [-0.39, 0.29) is 6.09 Å². The van der Waals surface area contributed by atoms with E-state index >= 15 is 0 Å². The second kappa shape index (κ2) is 17.3. The van der Waals surface area contributed by atoms with Gasteiger partial charge in [0.05, 0.1) is 11.6 Å². The minimum absolute atomic E-state index is 0.223. The van der Waals surface area contributed by atoms with Gasteiger partial charge in [0.15, 0.2) is 0 Å². The summed E-state index contributed by atoms with van der Waals surface area (Å²) in [4.78, 5) is 21.1. The number of aliphatic imine (C=N–C) groups is 1. The van der Waals surface area contributed by atoms with Gasteiger partial charge in [0.1, 0.15) is 5.60 Å². The van der Waals surface area contributed by atoms with Crippen LogP contribution in [0.2, 0.25) is 0 Å². The Hall–Kier alpha value is -3.33. The van der Waals surface area contributed by atoms with Gasteiger partial charge in [0.2, 0.25) is 0 Å². The summed E-state index contributed by atoms with van der Waals surface area (Å²) < 4.78 is 5.51. The van der Waals surface area contributed by atoms with E-state index in [9.17, 15) is 4.79 Å². The molecular formula is C33H50N4O2. The molecule has 0 saturated carbocycles. The Morgan fingerprint density at radius 3 is 2.26 bits per heavy atom. The molecule has 0 radical (unpaired) electrons. The highest BCUT2D eigenvalue weighted by molar-refractivity contribution is 6.03. The van der Waals surface area contributed by atoms with Crippen molar-refractivity contribution in [3.05, 3.63) is 70.6 Å². The lowest BCUT2D eigenvalue weighted by molar-refractivity contribution is 0.0168. The quantitative estimate of drug-likeness (QED) is 0.250. The minimum Gasteiger partial charge on any atom is -0.444 e. The molecule has 6 nitrogen and oxygen atoms in total. The van der Waals surface area contributed by atoms with Crippen LogP contribution in [0.3, 0.4) is 0 Å². The molecule has 1 aliphatic rings. The SMILES string of the molecule is CCCc1cccc(C#N)c1.C\C=C(CC)/C(C(/C)=N/C=C/CC)=C(/C)N1CCN(C(=O)OC(C)(C)C)CC1. The number of piperazine rings is 1. The van der Waals surface area contributed by atoms with Crippen LogP contribution in [0.5, 0.6) is 0 Å². The normalized spacial score (nSPS) is 15.4. The summed E-state index contributed by atoms with van der Waals surface area (Å²) in [7, 11) is 0. The molecule has 0 unspecified atom stereocenters. The third kappa shape index (κ3) is 11.9. The summed E-state index contributed by atoms with van der Waals surface area (Å²) >= 11 is 0. The number of rotatable bonds is 8. The number of nitriles is 1. The van der Waals surface area contributed by atoms with Gasteiger partial charge in [-0.05, 0) is 84.1 Å². The number of allylic oxidation sites excluding steroid dienone is 5. The van der Waals surface area contributed by atoms with Gasteiger partial charge in [-0.2, -0.15) is 5.26 Å². The molecule has 39 heavy (non-hydrogen) atoms. The molecule has 214 valence electrons. The molecule has 1 fully saturated rings. The second-order valence-electron chi connectivity index (χ2n) is 10.7. The van der Waals surface area contributed by atoms with E-state index in [1.807, 2.05) is 45.2 Å². The fraction of sp³-hybridized carbons (Fsp3) is 0.545. The predicted octanol–water partition coefficient (Wildman–Crippen LogP) is 8.06. The Morgan fingerprint density at radius 2 is 1.74 bits per heavy atom. The molecule has 1 aromatic carbocycles. The predicted molar refractivity (Wildman–Crippen MR) is 164 cm³/mol. The van der Waals surface area contributed by atoms with Gasteiger partial charge < -0.3 is 14.5 Å². The zero-order valence-electron chi connectivity index (χ0n) is 25.8. The van der Waals surface area contributed by atoms with Gasteiger partial charge in [-0.1, -0.05) is 51.5 Å². The van der Waals surface area contributed by atoms with E-state index in [4.69, 9.17) is 10.00 Å². The van der Waals surface area contributed by atoms with Crippen LogP contribution >= 0.6 is 0 Å². The molecule has 1 aromatic rings. The summed E-state index contributed by atoms with van der Waals surface area (Å²) in [6, 6.07) is 9.90. The Kier molecular flexibility index (Phi) is 14.9. The van der Waals surface area contributed by atoms with Crippen LogP contribution in [0.15, 0.2) is 64.5 Å². The molecule has 0 aromatic heterocycles. The lowest BCUT2D eigenvalue weighted by Crippen LogP contribution is -2.49. The van der Waals surface area contributed by atoms with Crippen LogP contribution < -0.4 is 0 Å². The van der Waals surface area contributed by atoms with E-state index in [0.29, 0.717) is 13.1 Å². The lowest BCUT2D eigenvalue weighted by atomic mass is 9.96. The highest BCUT2D eigenvalue weighted by Gasteiger charge is 2.27. The van der Waals surface area contributed by atoms with Gasteiger partial charge in [0, 0.05) is 49.4 Å². The lowest BCUT2D eigenvalue weighted by Gasteiger charge is -2.38. The molecular weight excluding hydrogens is 484 g/mol. The molecule has 1 saturated heterocycles. The Labute approximate surface area is 237 Å². The first-order valence-electron chi connectivity index (χ1n) is 14.3. The zero-order chi connectivity index (χ0) is 29.4. The van der Waals surface area contributed by atoms with Crippen molar-refractivity contribution < 1.29 is 9.53 Å². The molecule has 0 aliphatic carbocycles. The van der Waals surface area contributed by atoms with Crippen LogP contribution in [-0.2, 0) is 11.2 Å². The van der Waals surface area contributed by atoms with E-state index < -0.39 is 5.60 Å². The maximum atomic E-state index is 12.3. The van der Waals surface area contributed by atoms with Crippen molar-refractivity contribution in [1.29, 1.82) is 5.26 Å². The number of amides is 1. The van der Waals surface area contributed by atoms with E-state index in [0.717, 1.165) is 50.0 Å². The largest absolute Gasteiger partial charge is 0.444 e. The summed E-state index contributed by atoms with van der Waals surface area (Å²) in [5.41, 5.74) is 6.34. The van der Waals surface area contributed by atoms with Gasteiger partial charge in [-0.25, -0.2) is 4.79 Å². The van der Waals surface area contributed by atoms with E-state index in [1.54, 1.807) is 4.90 Å². The van der Waals surface area contributed by atoms with E-state index in [1.165, 1.54) is 22.4 Å². The van der Waals surface area contributed by atoms with Gasteiger partial charge in [0.25, 0.3) is 0 Å². The van der Waals surface area contributed by atoms with Gasteiger partial charge in [-0.15, -0.1) is 0 Å². The fourth-order valence-electron chi connectivity index (χ4n) is 4.38. The molecule has 2 rings (SSSR count). The smallest absolute Gasteiger partial charge is 0.410 e. The Bertz CT molecular complexity index is 1080. The molecule has 0 atom stereocenters.